The maximum Gasteiger partial charge on any atom is 0.255 e. The number of phenolic OH excluding ortho intramolecular Hbond substituents is 1. The number of hydrogen-bond donors (Lipinski definition) is 2. The first kappa shape index (κ1) is 13.8. The lowest BCUT2D eigenvalue weighted by molar-refractivity contribution is 0.0928. The summed E-state index contributed by atoms with van der Waals surface area (Å²) in [6, 6.07) is 3.16. The lowest BCUT2D eigenvalue weighted by Crippen LogP contribution is -2.37. The van der Waals surface area contributed by atoms with Crippen molar-refractivity contribution in [2.45, 2.75) is 19.9 Å². The van der Waals surface area contributed by atoms with Crippen LogP contribution >= 0.6 is 11.6 Å². The molecule has 0 saturated heterocycles. The van der Waals surface area contributed by atoms with E-state index in [1.807, 2.05) is 13.8 Å². The van der Waals surface area contributed by atoms with Gasteiger partial charge in [-0.05, 0) is 25.0 Å². The average Bonchev–Trinajstić information content (AvgIpc) is 2.27. The van der Waals surface area contributed by atoms with Crippen LogP contribution in [0.25, 0.3) is 0 Å². The van der Waals surface area contributed by atoms with Crippen molar-refractivity contribution >= 4 is 17.5 Å². The van der Waals surface area contributed by atoms with E-state index in [9.17, 15) is 14.3 Å². The number of nitrogens with one attached hydrogen (secondary N) is 1. The molecule has 94 valence electrons. The molecule has 3 nitrogen and oxygen atoms in total. The van der Waals surface area contributed by atoms with Gasteiger partial charge in [-0.15, -0.1) is 11.6 Å². The highest BCUT2D eigenvalue weighted by Crippen LogP contribution is 2.18. The van der Waals surface area contributed by atoms with Gasteiger partial charge in [-0.2, -0.15) is 0 Å². The highest BCUT2D eigenvalue weighted by Gasteiger charge is 2.17. The molecule has 2 N–H and O–H groups in total. The van der Waals surface area contributed by atoms with Crippen LogP contribution in [0.3, 0.4) is 0 Å². The fourth-order valence-electron chi connectivity index (χ4n) is 1.26. The van der Waals surface area contributed by atoms with Crippen molar-refractivity contribution in [3.8, 4) is 5.75 Å². The Morgan fingerprint density at radius 2 is 2.18 bits per heavy atom. The van der Waals surface area contributed by atoms with E-state index in [0.29, 0.717) is 5.88 Å². The molecule has 5 heteroatoms. The van der Waals surface area contributed by atoms with Crippen molar-refractivity contribution in [3.63, 3.8) is 0 Å². The van der Waals surface area contributed by atoms with E-state index < -0.39 is 11.7 Å². The van der Waals surface area contributed by atoms with E-state index in [2.05, 4.69) is 5.32 Å². The molecule has 2 unspecified atom stereocenters. The zero-order chi connectivity index (χ0) is 13.0. The van der Waals surface area contributed by atoms with Crippen LogP contribution in [0.4, 0.5) is 4.39 Å². The number of amides is 1. The highest BCUT2D eigenvalue weighted by molar-refractivity contribution is 6.18. The van der Waals surface area contributed by atoms with E-state index in [1.54, 1.807) is 0 Å². The molecule has 1 amide bonds. The number of aromatic hydroxyl groups is 1. The molecule has 0 aliphatic rings. The Hall–Kier alpha value is -1.29. The van der Waals surface area contributed by atoms with Crippen molar-refractivity contribution in [2.24, 2.45) is 5.92 Å². The first-order valence-corrected chi connectivity index (χ1v) is 5.84. The van der Waals surface area contributed by atoms with Gasteiger partial charge in [0.05, 0.1) is 5.56 Å². The number of rotatable bonds is 4. The number of alkyl halides is 1. The average molecular weight is 260 g/mol. The number of halogens is 2. The van der Waals surface area contributed by atoms with Gasteiger partial charge in [-0.3, -0.25) is 4.79 Å². The quantitative estimate of drug-likeness (QED) is 0.817. The molecule has 0 aliphatic carbocycles. The van der Waals surface area contributed by atoms with Gasteiger partial charge in [0.25, 0.3) is 5.91 Å². The van der Waals surface area contributed by atoms with E-state index in [0.717, 1.165) is 12.1 Å². The Balaban J connectivity index is 2.76. The zero-order valence-electron chi connectivity index (χ0n) is 9.71. The normalized spacial score (nSPS) is 14.1. The SMILES string of the molecule is CC(CCl)C(C)NC(=O)c1ccc(F)cc1O. The fraction of sp³-hybridized carbons (Fsp3) is 0.417. The fourth-order valence-corrected chi connectivity index (χ4v) is 1.52. The summed E-state index contributed by atoms with van der Waals surface area (Å²) in [6.45, 7) is 3.73. The molecule has 1 aromatic rings. The first-order chi connectivity index (χ1) is 7.95. The number of benzene rings is 1. The van der Waals surface area contributed by atoms with Crippen LogP contribution in [0.1, 0.15) is 24.2 Å². The summed E-state index contributed by atoms with van der Waals surface area (Å²) in [5.74, 6) is -0.846. The summed E-state index contributed by atoms with van der Waals surface area (Å²) < 4.78 is 12.7. The highest BCUT2D eigenvalue weighted by atomic mass is 35.5. The number of hydrogen-bond acceptors (Lipinski definition) is 2. The van der Waals surface area contributed by atoms with Crippen molar-refractivity contribution in [2.75, 3.05) is 5.88 Å². The van der Waals surface area contributed by atoms with Gasteiger partial charge < -0.3 is 10.4 Å². The van der Waals surface area contributed by atoms with Crippen LogP contribution in [-0.2, 0) is 0 Å². The molecule has 0 aromatic heterocycles. The van der Waals surface area contributed by atoms with Crippen molar-refractivity contribution < 1.29 is 14.3 Å². The van der Waals surface area contributed by atoms with Crippen LogP contribution in [0.15, 0.2) is 18.2 Å². The topological polar surface area (TPSA) is 49.3 Å². The number of carbonyl (C=O) groups excluding carboxylic acids is 1. The van der Waals surface area contributed by atoms with E-state index in [1.165, 1.54) is 6.07 Å². The van der Waals surface area contributed by atoms with Gasteiger partial charge in [0, 0.05) is 18.0 Å². The monoisotopic (exact) mass is 259 g/mol. The van der Waals surface area contributed by atoms with Crippen LogP contribution in [0, 0.1) is 11.7 Å². The van der Waals surface area contributed by atoms with Crippen LogP contribution < -0.4 is 5.32 Å². The van der Waals surface area contributed by atoms with Crippen LogP contribution in [0.2, 0.25) is 0 Å². The predicted molar refractivity (Wildman–Crippen MR) is 64.9 cm³/mol. The van der Waals surface area contributed by atoms with E-state index in [-0.39, 0.29) is 23.3 Å². The lowest BCUT2D eigenvalue weighted by atomic mass is 10.1. The molecule has 1 aromatic carbocycles. The van der Waals surface area contributed by atoms with Gasteiger partial charge in [-0.1, -0.05) is 6.92 Å². The second-order valence-corrected chi connectivity index (χ2v) is 4.36. The molecule has 0 spiro atoms. The Bertz CT molecular complexity index is 411. The Kier molecular flexibility index (Phi) is 4.75. The molecular weight excluding hydrogens is 245 g/mol. The molecule has 0 heterocycles. The molecule has 0 radical (unpaired) electrons. The Labute approximate surface area is 105 Å². The summed E-state index contributed by atoms with van der Waals surface area (Å²) in [6.07, 6.45) is 0. The summed E-state index contributed by atoms with van der Waals surface area (Å²) in [7, 11) is 0. The van der Waals surface area contributed by atoms with Crippen LogP contribution in [0.5, 0.6) is 5.75 Å². The van der Waals surface area contributed by atoms with Crippen molar-refractivity contribution in [1.29, 1.82) is 0 Å². The Morgan fingerprint density at radius 1 is 1.53 bits per heavy atom. The van der Waals surface area contributed by atoms with Gasteiger partial charge >= 0.3 is 0 Å². The van der Waals surface area contributed by atoms with Crippen molar-refractivity contribution in [1.82, 2.24) is 5.32 Å². The molecule has 0 aliphatic heterocycles. The zero-order valence-corrected chi connectivity index (χ0v) is 10.5. The summed E-state index contributed by atoms with van der Waals surface area (Å²) in [4.78, 5) is 11.8. The van der Waals surface area contributed by atoms with Gasteiger partial charge in [0.2, 0.25) is 0 Å². The maximum atomic E-state index is 12.7. The minimum atomic E-state index is -0.582. The van der Waals surface area contributed by atoms with Gasteiger partial charge in [0.1, 0.15) is 11.6 Å². The number of phenols is 1. The standard InChI is InChI=1S/C12H15ClFNO2/c1-7(6-13)8(2)15-12(17)10-4-3-9(14)5-11(10)16/h3-5,7-8,16H,6H2,1-2H3,(H,15,17). The number of carbonyl (C=O) groups is 1. The summed E-state index contributed by atoms with van der Waals surface area (Å²) >= 11 is 5.68. The molecule has 0 saturated carbocycles. The smallest absolute Gasteiger partial charge is 0.255 e. The third-order valence-electron chi connectivity index (χ3n) is 2.66. The summed E-state index contributed by atoms with van der Waals surface area (Å²) in [5.41, 5.74) is 0.0556. The lowest BCUT2D eigenvalue weighted by Gasteiger charge is -2.19. The molecule has 17 heavy (non-hydrogen) atoms. The minimum Gasteiger partial charge on any atom is -0.507 e. The van der Waals surface area contributed by atoms with Crippen LogP contribution in [-0.4, -0.2) is 22.9 Å². The maximum absolute atomic E-state index is 12.7. The molecule has 0 fully saturated rings. The largest absolute Gasteiger partial charge is 0.507 e. The second-order valence-electron chi connectivity index (χ2n) is 4.06. The predicted octanol–water partition coefficient (Wildman–Crippen LogP) is 2.52. The van der Waals surface area contributed by atoms with E-state index >= 15 is 0 Å². The third kappa shape index (κ3) is 3.60. The molecular formula is C12H15ClFNO2. The summed E-state index contributed by atoms with van der Waals surface area (Å²) in [5, 5.41) is 12.1. The third-order valence-corrected chi connectivity index (χ3v) is 3.15. The Morgan fingerprint density at radius 3 is 2.71 bits per heavy atom. The van der Waals surface area contributed by atoms with E-state index in [4.69, 9.17) is 11.6 Å². The minimum absolute atomic E-state index is 0.0556. The van der Waals surface area contributed by atoms with Crippen molar-refractivity contribution in [3.05, 3.63) is 29.6 Å². The molecule has 2 atom stereocenters. The molecule has 1 rings (SSSR count). The second kappa shape index (κ2) is 5.87. The van der Waals surface area contributed by atoms with Gasteiger partial charge in [0.15, 0.2) is 0 Å². The first-order valence-electron chi connectivity index (χ1n) is 5.31. The van der Waals surface area contributed by atoms with Gasteiger partial charge in [-0.25, -0.2) is 4.39 Å². The molecule has 0 bridgehead atoms.